The van der Waals surface area contributed by atoms with Crippen LogP contribution < -0.4 is 5.32 Å². The van der Waals surface area contributed by atoms with Gasteiger partial charge in [-0.1, -0.05) is 53.7 Å². The molecular weight excluding hydrogens is 551 g/mol. The van der Waals surface area contributed by atoms with Crippen LogP contribution in [0.4, 0.5) is 5.69 Å². The van der Waals surface area contributed by atoms with Gasteiger partial charge in [0, 0.05) is 26.3 Å². The van der Waals surface area contributed by atoms with E-state index in [0.29, 0.717) is 11.1 Å². The second-order valence-corrected chi connectivity index (χ2v) is 9.70. The minimum Gasteiger partial charge on any atom is -0.325 e. The summed E-state index contributed by atoms with van der Waals surface area (Å²) in [5, 5.41) is 12.2. The zero-order valence-electron chi connectivity index (χ0n) is 15.7. The smallest absolute Gasteiger partial charge is 0.234 e. The number of nitrogens with zero attached hydrogens (tertiary/aromatic N) is 3. The van der Waals surface area contributed by atoms with Crippen LogP contribution in [0, 0.1) is 3.57 Å². The lowest BCUT2D eigenvalue weighted by molar-refractivity contribution is -0.113. The predicted molar refractivity (Wildman–Crippen MR) is 127 cm³/mol. The molecule has 3 aromatic rings. The lowest BCUT2D eigenvalue weighted by atomic mass is 10.0. The summed E-state index contributed by atoms with van der Waals surface area (Å²) < 4.78 is 4.08. The first-order chi connectivity index (χ1) is 13.3. The molecular formula is C20H20BrIN4OS. The van der Waals surface area contributed by atoms with Crippen molar-refractivity contribution in [2.24, 2.45) is 7.05 Å². The highest BCUT2D eigenvalue weighted by atomic mass is 127. The second kappa shape index (κ2) is 9.41. The summed E-state index contributed by atoms with van der Waals surface area (Å²) >= 11 is 7.10. The van der Waals surface area contributed by atoms with Crippen molar-refractivity contribution in [2.45, 2.75) is 24.9 Å². The number of carbonyl (C=O) groups is 1. The van der Waals surface area contributed by atoms with Gasteiger partial charge in [-0.15, -0.1) is 10.2 Å². The average Bonchev–Trinajstić information content (AvgIpc) is 3.02. The fourth-order valence-corrected chi connectivity index (χ4v) is 4.22. The van der Waals surface area contributed by atoms with E-state index in [4.69, 9.17) is 0 Å². The molecule has 1 aromatic heterocycles. The quantitative estimate of drug-likeness (QED) is 0.305. The molecule has 0 radical (unpaired) electrons. The molecule has 0 saturated heterocycles. The minimum atomic E-state index is -0.0544. The molecule has 0 unspecified atom stereocenters. The van der Waals surface area contributed by atoms with Gasteiger partial charge < -0.3 is 9.88 Å². The summed E-state index contributed by atoms with van der Waals surface area (Å²) in [5.74, 6) is 1.33. The Kier molecular flexibility index (Phi) is 7.16. The summed E-state index contributed by atoms with van der Waals surface area (Å²) in [6.07, 6.45) is 0. The van der Waals surface area contributed by atoms with Crippen molar-refractivity contribution in [1.82, 2.24) is 14.8 Å². The van der Waals surface area contributed by atoms with Gasteiger partial charge in [0.05, 0.1) is 5.75 Å². The van der Waals surface area contributed by atoms with E-state index in [2.05, 4.69) is 73.9 Å². The van der Waals surface area contributed by atoms with Crippen LogP contribution in [0.3, 0.4) is 0 Å². The molecule has 0 bridgehead atoms. The highest BCUT2D eigenvalue weighted by molar-refractivity contribution is 14.1. The van der Waals surface area contributed by atoms with E-state index in [1.807, 2.05) is 48.0 Å². The Balaban J connectivity index is 1.67. The van der Waals surface area contributed by atoms with Gasteiger partial charge in [-0.3, -0.25) is 4.79 Å². The number of aromatic nitrogens is 3. The fourth-order valence-electron chi connectivity index (χ4n) is 2.73. The Morgan fingerprint density at radius 3 is 2.61 bits per heavy atom. The Labute approximate surface area is 191 Å². The van der Waals surface area contributed by atoms with Crippen LogP contribution in [0.5, 0.6) is 0 Å². The number of anilines is 1. The maximum atomic E-state index is 12.5. The first-order valence-electron chi connectivity index (χ1n) is 8.72. The molecule has 1 N–H and O–H groups in total. The molecule has 2 aromatic carbocycles. The number of halogens is 2. The first-order valence-corrected chi connectivity index (χ1v) is 11.6. The number of benzene rings is 2. The standard InChI is InChI=1S/C20H20BrIN4OS/c1-12(2)16-10-15(22)8-9-17(16)23-18(27)11-28-20-25-24-19(26(20)3)13-4-6-14(21)7-5-13/h4-10,12H,11H2,1-3H3,(H,23,27). The van der Waals surface area contributed by atoms with Gasteiger partial charge in [-0.05, 0) is 64.4 Å². The SMILES string of the molecule is CC(C)c1cc(I)ccc1NC(=O)CSc1nnc(-c2ccc(Br)cc2)n1C. The number of carbonyl (C=O) groups excluding carboxylic acids is 1. The Morgan fingerprint density at radius 1 is 1.21 bits per heavy atom. The summed E-state index contributed by atoms with van der Waals surface area (Å²) in [7, 11) is 1.91. The van der Waals surface area contributed by atoms with Gasteiger partial charge in [0.15, 0.2) is 11.0 Å². The molecule has 0 saturated carbocycles. The molecule has 0 aliphatic rings. The van der Waals surface area contributed by atoms with Gasteiger partial charge in [0.1, 0.15) is 0 Å². The number of amides is 1. The number of hydrogen-bond acceptors (Lipinski definition) is 4. The van der Waals surface area contributed by atoms with Crippen LogP contribution in [-0.4, -0.2) is 26.4 Å². The zero-order valence-corrected chi connectivity index (χ0v) is 20.3. The maximum absolute atomic E-state index is 12.5. The molecule has 28 heavy (non-hydrogen) atoms. The maximum Gasteiger partial charge on any atom is 0.234 e. The normalized spacial score (nSPS) is 11.1. The highest BCUT2D eigenvalue weighted by Crippen LogP contribution is 2.27. The fraction of sp³-hybridized carbons (Fsp3) is 0.250. The van der Waals surface area contributed by atoms with Crippen LogP contribution in [0.2, 0.25) is 0 Å². The van der Waals surface area contributed by atoms with Crippen LogP contribution in [-0.2, 0) is 11.8 Å². The van der Waals surface area contributed by atoms with Gasteiger partial charge in [0.25, 0.3) is 0 Å². The molecule has 1 heterocycles. The van der Waals surface area contributed by atoms with E-state index in [9.17, 15) is 4.79 Å². The third kappa shape index (κ3) is 5.15. The lowest BCUT2D eigenvalue weighted by Crippen LogP contribution is -2.16. The van der Waals surface area contributed by atoms with Crippen molar-refractivity contribution in [3.63, 3.8) is 0 Å². The third-order valence-corrected chi connectivity index (χ3v) is 6.40. The number of thioether (sulfide) groups is 1. The predicted octanol–water partition coefficient (Wildman–Crippen LogP) is 5.70. The average molecular weight is 571 g/mol. The number of nitrogens with one attached hydrogen (secondary N) is 1. The summed E-state index contributed by atoms with van der Waals surface area (Å²) in [6, 6.07) is 14.0. The molecule has 0 fully saturated rings. The number of hydrogen-bond donors (Lipinski definition) is 1. The van der Waals surface area contributed by atoms with Crippen molar-refractivity contribution in [3.8, 4) is 11.4 Å². The van der Waals surface area contributed by atoms with E-state index < -0.39 is 0 Å². The Hall–Kier alpha value is -1.39. The van der Waals surface area contributed by atoms with Crippen molar-refractivity contribution in [1.29, 1.82) is 0 Å². The summed E-state index contributed by atoms with van der Waals surface area (Å²) in [5.41, 5.74) is 2.99. The molecule has 0 spiro atoms. The second-order valence-electron chi connectivity index (χ2n) is 6.60. The van der Waals surface area contributed by atoms with Gasteiger partial charge in [-0.25, -0.2) is 0 Å². The van der Waals surface area contributed by atoms with E-state index in [1.54, 1.807) is 0 Å². The van der Waals surface area contributed by atoms with E-state index in [-0.39, 0.29) is 11.7 Å². The van der Waals surface area contributed by atoms with E-state index in [0.717, 1.165) is 30.7 Å². The summed E-state index contributed by atoms with van der Waals surface area (Å²) in [6.45, 7) is 4.25. The van der Waals surface area contributed by atoms with Crippen molar-refractivity contribution in [3.05, 3.63) is 56.1 Å². The van der Waals surface area contributed by atoms with Crippen LogP contribution in [0.1, 0.15) is 25.3 Å². The molecule has 8 heteroatoms. The molecule has 0 aliphatic carbocycles. The van der Waals surface area contributed by atoms with Gasteiger partial charge in [-0.2, -0.15) is 0 Å². The molecule has 3 rings (SSSR count). The van der Waals surface area contributed by atoms with Crippen molar-refractivity contribution < 1.29 is 4.79 Å². The van der Waals surface area contributed by atoms with Gasteiger partial charge in [0.2, 0.25) is 5.91 Å². The first kappa shape index (κ1) is 21.3. The van der Waals surface area contributed by atoms with Crippen molar-refractivity contribution >= 4 is 61.9 Å². The highest BCUT2D eigenvalue weighted by Gasteiger charge is 2.14. The molecule has 5 nitrogen and oxygen atoms in total. The van der Waals surface area contributed by atoms with Crippen molar-refractivity contribution in [2.75, 3.05) is 11.1 Å². The van der Waals surface area contributed by atoms with Crippen LogP contribution >= 0.6 is 50.3 Å². The summed E-state index contributed by atoms with van der Waals surface area (Å²) in [4.78, 5) is 12.5. The lowest BCUT2D eigenvalue weighted by Gasteiger charge is -2.14. The minimum absolute atomic E-state index is 0.0544. The van der Waals surface area contributed by atoms with Crippen LogP contribution in [0.15, 0.2) is 52.1 Å². The molecule has 0 aliphatic heterocycles. The third-order valence-electron chi connectivity index (χ3n) is 4.18. The molecule has 1 amide bonds. The topological polar surface area (TPSA) is 59.8 Å². The Bertz CT molecular complexity index is 988. The molecule has 0 atom stereocenters. The van der Waals surface area contributed by atoms with E-state index in [1.165, 1.54) is 11.8 Å². The monoisotopic (exact) mass is 570 g/mol. The largest absolute Gasteiger partial charge is 0.325 e. The van der Waals surface area contributed by atoms with Gasteiger partial charge >= 0.3 is 0 Å². The van der Waals surface area contributed by atoms with Crippen LogP contribution in [0.25, 0.3) is 11.4 Å². The Morgan fingerprint density at radius 2 is 1.93 bits per heavy atom. The molecule has 146 valence electrons. The number of rotatable bonds is 6. The zero-order chi connectivity index (χ0) is 20.3. The van der Waals surface area contributed by atoms with E-state index >= 15 is 0 Å².